The molecule has 0 aliphatic carbocycles. The molecule has 0 aliphatic heterocycles. The maximum atomic E-state index is 12.0. The van der Waals surface area contributed by atoms with E-state index in [1.54, 1.807) is 6.26 Å². The van der Waals surface area contributed by atoms with Gasteiger partial charge >= 0.3 is 5.97 Å². The molecule has 0 saturated heterocycles. The van der Waals surface area contributed by atoms with Crippen LogP contribution in [-0.2, 0) is 28.0 Å². The Labute approximate surface area is 174 Å². The molecule has 1 heterocycles. The van der Waals surface area contributed by atoms with E-state index >= 15 is 0 Å². The number of furan rings is 1. The standard InChI is InChI=1S/C23H25BrO4/c1-5-26-21(25)12-16-6-7-18(23(2,3)4)13-20(16)28-14-15-10-17-8-9-27-22(17)19(24)11-15/h6-11,13H,5,12,14H2,1-4H3. The molecule has 0 bridgehead atoms. The highest BCUT2D eigenvalue weighted by atomic mass is 79.9. The summed E-state index contributed by atoms with van der Waals surface area (Å²) < 4.78 is 17.6. The number of benzene rings is 2. The molecule has 0 atom stereocenters. The van der Waals surface area contributed by atoms with Crippen molar-refractivity contribution in [2.24, 2.45) is 0 Å². The molecule has 0 radical (unpaired) electrons. The van der Waals surface area contributed by atoms with Crippen LogP contribution in [0, 0.1) is 0 Å². The molecule has 2 aromatic carbocycles. The summed E-state index contributed by atoms with van der Waals surface area (Å²) in [4.78, 5) is 12.0. The van der Waals surface area contributed by atoms with Crippen LogP contribution in [0.5, 0.6) is 5.75 Å². The molecule has 0 N–H and O–H groups in total. The Hall–Kier alpha value is -2.27. The molecule has 4 nitrogen and oxygen atoms in total. The largest absolute Gasteiger partial charge is 0.489 e. The predicted molar refractivity (Wildman–Crippen MR) is 114 cm³/mol. The number of ether oxygens (including phenoxy) is 2. The highest BCUT2D eigenvalue weighted by molar-refractivity contribution is 9.10. The van der Waals surface area contributed by atoms with E-state index in [1.165, 1.54) is 0 Å². The van der Waals surface area contributed by atoms with Crippen LogP contribution in [0.1, 0.15) is 44.4 Å². The average molecular weight is 445 g/mol. The zero-order chi connectivity index (χ0) is 20.3. The van der Waals surface area contributed by atoms with Crippen LogP contribution in [0.25, 0.3) is 11.0 Å². The van der Waals surface area contributed by atoms with E-state index in [2.05, 4.69) is 42.8 Å². The van der Waals surface area contributed by atoms with Gasteiger partial charge in [0.2, 0.25) is 0 Å². The summed E-state index contributed by atoms with van der Waals surface area (Å²) in [7, 11) is 0. The van der Waals surface area contributed by atoms with Gasteiger partial charge in [0.25, 0.3) is 0 Å². The van der Waals surface area contributed by atoms with Crippen molar-refractivity contribution in [3.63, 3.8) is 0 Å². The molecule has 0 fully saturated rings. The Morgan fingerprint density at radius 2 is 1.93 bits per heavy atom. The second-order valence-corrected chi connectivity index (χ2v) is 8.61. The van der Waals surface area contributed by atoms with Gasteiger partial charge in [-0.1, -0.05) is 32.9 Å². The molecule has 0 aliphatic rings. The van der Waals surface area contributed by atoms with Gasteiger partial charge in [-0.05, 0) is 63.7 Å². The van der Waals surface area contributed by atoms with Crippen molar-refractivity contribution < 1.29 is 18.7 Å². The van der Waals surface area contributed by atoms with Gasteiger partial charge < -0.3 is 13.9 Å². The summed E-state index contributed by atoms with van der Waals surface area (Å²) in [5, 5.41) is 1.02. The van der Waals surface area contributed by atoms with Gasteiger partial charge in [0.15, 0.2) is 0 Å². The molecule has 0 spiro atoms. The second-order valence-electron chi connectivity index (χ2n) is 7.76. The Balaban J connectivity index is 1.87. The van der Waals surface area contributed by atoms with E-state index in [4.69, 9.17) is 13.9 Å². The van der Waals surface area contributed by atoms with Crippen LogP contribution in [-0.4, -0.2) is 12.6 Å². The number of carbonyl (C=O) groups excluding carboxylic acids is 1. The van der Waals surface area contributed by atoms with Crippen LogP contribution in [0.3, 0.4) is 0 Å². The van der Waals surface area contributed by atoms with E-state index in [0.717, 1.165) is 32.1 Å². The van der Waals surface area contributed by atoms with Crippen LogP contribution >= 0.6 is 15.9 Å². The van der Waals surface area contributed by atoms with Gasteiger partial charge in [0.05, 0.1) is 23.8 Å². The quantitative estimate of drug-likeness (QED) is 0.426. The van der Waals surface area contributed by atoms with Crippen molar-refractivity contribution in [3.05, 3.63) is 63.8 Å². The zero-order valence-electron chi connectivity index (χ0n) is 16.7. The Morgan fingerprint density at radius 1 is 1.14 bits per heavy atom. The maximum absolute atomic E-state index is 12.0. The van der Waals surface area contributed by atoms with Crippen molar-refractivity contribution in [3.8, 4) is 5.75 Å². The minimum Gasteiger partial charge on any atom is -0.489 e. The molecule has 3 aromatic rings. The van der Waals surface area contributed by atoms with Crippen LogP contribution in [0.4, 0.5) is 0 Å². The lowest BCUT2D eigenvalue weighted by molar-refractivity contribution is -0.142. The highest BCUT2D eigenvalue weighted by Gasteiger charge is 2.18. The monoisotopic (exact) mass is 444 g/mol. The minimum absolute atomic E-state index is 0.0146. The third kappa shape index (κ3) is 4.76. The van der Waals surface area contributed by atoms with E-state index in [-0.39, 0.29) is 17.8 Å². The zero-order valence-corrected chi connectivity index (χ0v) is 18.3. The first-order valence-corrected chi connectivity index (χ1v) is 10.1. The summed E-state index contributed by atoms with van der Waals surface area (Å²) in [5.41, 5.74) is 3.81. The third-order valence-corrected chi connectivity index (χ3v) is 5.12. The topological polar surface area (TPSA) is 48.7 Å². The number of halogens is 1. The van der Waals surface area contributed by atoms with E-state index in [1.807, 2.05) is 37.3 Å². The molecule has 28 heavy (non-hydrogen) atoms. The molecule has 1 aromatic heterocycles. The summed E-state index contributed by atoms with van der Waals surface area (Å²) in [6.45, 7) is 9.03. The summed E-state index contributed by atoms with van der Waals surface area (Å²) in [6, 6.07) is 12.0. The number of carbonyl (C=O) groups is 1. The van der Waals surface area contributed by atoms with E-state index in [0.29, 0.717) is 19.0 Å². The Kier molecular flexibility index (Phi) is 6.14. The highest BCUT2D eigenvalue weighted by Crippen LogP contribution is 2.31. The normalized spacial score (nSPS) is 11.6. The fraction of sp³-hybridized carbons (Fsp3) is 0.348. The maximum Gasteiger partial charge on any atom is 0.310 e. The van der Waals surface area contributed by atoms with Crippen molar-refractivity contribution in [1.29, 1.82) is 0 Å². The van der Waals surface area contributed by atoms with Gasteiger partial charge in [-0.15, -0.1) is 0 Å². The fourth-order valence-corrected chi connectivity index (χ4v) is 3.63. The minimum atomic E-state index is -0.251. The summed E-state index contributed by atoms with van der Waals surface area (Å²) in [5.74, 6) is 0.460. The predicted octanol–water partition coefficient (Wildman–Crippen LogP) is 6.18. The van der Waals surface area contributed by atoms with Gasteiger partial charge in [0.1, 0.15) is 17.9 Å². The second kappa shape index (κ2) is 8.39. The average Bonchev–Trinajstić information content (AvgIpc) is 3.09. The first-order chi connectivity index (χ1) is 13.3. The Morgan fingerprint density at radius 3 is 2.64 bits per heavy atom. The van der Waals surface area contributed by atoms with Crippen LogP contribution in [0.2, 0.25) is 0 Å². The number of hydrogen-bond donors (Lipinski definition) is 0. The van der Waals surface area contributed by atoms with Gasteiger partial charge in [-0.25, -0.2) is 0 Å². The molecular weight excluding hydrogens is 420 g/mol. The van der Waals surface area contributed by atoms with Gasteiger partial charge in [0, 0.05) is 10.9 Å². The van der Waals surface area contributed by atoms with E-state index < -0.39 is 0 Å². The molecule has 148 valence electrons. The number of esters is 1. The van der Waals surface area contributed by atoms with Gasteiger partial charge in [-0.2, -0.15) is 0 Å². The summed E-state index contributed by atoms with van der Waals surface area (Å²) in [6.07, 6.45) is 1.86. The van der Waals surface area contributed by atoms with Crippen molar-refractivity contribution in [2.45, 2.75) is 46.1 Å². The molecule has 3 rings (SSSR count). The lowest BCUT2D eigenvalue weighted by atomic mass is 9.86. The molecule has 0 unspecified atom stereocenters. The first-order valence-electron chi connectivity index (χ1n) is 9.35. The van der Waals surface area contributed by atoms with Gasteiger partial charge in [-0.3, -0.25) is 4.79 Å². The van der Waals surface area contributed by atoms with Crippen molar-refractivity contribution in [1.82, 2.24) is 0 Å². The number of hydrogen-bond acceptors (Lipinski definition) is 4. The Bertz CT molecular complexity index is 982. The third-order valence-electron chi connectivity index (χ3n) is 4.53. The number of rotatable bonds is 6. The molecular formula is C23H25BrO4. The van der Waals surface area contributed by atoms with Crippen molar-refractivity contribution in [2.75, 3.05) is 6.61 Å². The first kappa shape index (κ1) is 20.5. The fourth-order valence-electron chi connectivity index (χ4n) is 3.01. The summed E-state index contributed by atoms with van der Waals surface area (Å²) >= 11 is 3.54. The van der Waals surface area contributed by atoms with E-state index in [9.17, 15) is 4.79 Å². The molecule has 5 heteroatoms. The lowest BCUT2D eigenvalue weighted by Crippen LogP contribution is -2.13. The van der Waals surface area contributed by atoms with Crippen molar-refractivity contribution >= 4 is 32.9 Å². The molecule has 0 saturated carbocycles. The lowest BCUT2D eigenvalue weighted by Gasteiger charge is -2.21. The number of fused-ring (bicyclic) bond motifs is 1. The molecule has 0 amide bonds. The van der Waals surface area contributed by atoms with Crippen LogP contribution < -0.4 is 4.74 Å². The SMILES string of the molecule is CCOC(=O)Cc1ccc(C(C)(C)C)cc1OCc1cc(Br)c2occc2c1. The smallest absolute Gasteiger partial charge is 0.310 e. The van der Waals surface area contributed by atoms with Crippen LogP contribution in [0.15, 0.2) is 51.6 Å².